The second kappa shape index (κ2) is 6.45. The lowest BCUT2D eigenvalue weighted by atomic mass is 10.1. The summed E-state index contributed by atoms with van der Waals surface area (Å²) >= 11 is 1.38. The molecule has 0 aromatic carbocycles. The SMILES string of the molecule is O=C(c1cscn1)N1CCO[C@H]2CC[C@H]1[C@H]2Oc1ncccc1F. The highest BCUT2D eigenvalue weighted by atomic mass is 32.1. The molecule has 6 nitrogen and oxygen atoms in total. The van der Waals surface area contributed by atoms with Gasteiger partial charge in [-0.25, -0.2) is 14.4 Å². The Kier molecular flexibility index (Phi) is 4.15. The van der Waals surface area contributed by atoms with Gasteiger partial charge in [-0.1, -0.05) is 0 Å². The van der Waals surface area contributed by atoms with Crippen LogP contribution in [0.15, 0.2) is 29.2 Å². The van der Waals surface area contributed by atoms with Gasteiger partial charge in [-0.15, -0.1) is 11.3 Å². The quantitative estimate of drug-likeness (QED) is 0.849. The van der Waals surface area contributed by atoms with E-state index in [0.29, 0.717) is 18.8 Å². The maximum Gasteiger partial charge on any atom is 0.273 e. The lowest BCUT2D eigenvalue weighted by Crippen LogP contribution is -2.48. The molecule has 1 aliphatic heterocycles. The summed E-state index contributed by atoms with van der Waals surface area (Å²) in [6.07, 6.45) is 2.41. The summed E-state index contributed by atoms with van der Waals surface area (Å²) < 4.78 is 25.5. The van der Waals surface area contributed by atoms with Crippen molar-refractivity contribution in [2.24, 2.45) is 0 Å². The van der Waals surface area contributed by atoms with Crippen molar-refractivity contribution in [1.82, 2.24) is 14.9 Å². The normalized spacial score (nSPS) is 26.2. The van der Waals surface area contributed by atoms with E-state index < -0.39 is 11.9 Å². The van der Waals surface area contributed by atoms with Gasteiger partial charge >= 0.3 is 0 Å². The molecule has 2 bridgehead atoms. The highest BCUT2D eigenvalue weighted by Gasteiger charge is 2.46. The highest BCUT2D eigenvalue weighted by Crippen LogP contribution is 2.33. The molecule has 0 N–H and O–H groups in total. The van der Waals surface area contributed by atoms with Crippen LogP contribution in [-0.4, -0.2) is 52.2 Å². The van der Waals surface area contributed by atoms with Gasteiger partial charge in [0.2, 0.25) is 0 Å². The molecular formula is C16H16FN3O3S. The largest absolute Gasteiger partial charge is 0.467 e. The van der Waals surface area contributed by atoms with E-state index in [9.17, 15) is 9.18 Å². The molecule has 1 saturated carbocycles. The van der Waals surface area contributed by atoms with E-state index >= 15 is 0 Å². The monoisotopic (exact) mass is 349 g/mol. The Morgan fingerprint density at radius 2 is 2.33 bits per heavy atom. The molecule has 8 heteroatoms. The molecule has 2 fully saturated rings. The molecule has 4 rings (SSSR count). The third kappa shape index (κ3) is 2.76. The fourth-order valence-electron chi connectivity index (χ4n) is 3.35. The minimum Gasteiger partial charge on any atom is -0.467 e. The van der Waals surface area contributed by atoms with Crippen LogP contribution in [0.25, 0.3) is 0 Å². The van der Waals surface area contributed by atoms with Gasteiger partial charge in [0.05, 0.1) is 24.3 Å². The molecule has 24 heavy (non-hydrogen) atoms. The van der Waals surface area contributed by atoms with Crippen LogP contribution in [0.1, 0.15) is 23.3 Å². The number of nitrogens with zero attached hydrogens (tertiary/aromatic N) is 3. The average Bonchev–Trinajstić information content (AvgIpc) is 3.18. The van der Waals surface area contributed by atoms with Crippen LogP contribution in [0.3, 0.4) is 0 Å². The van der Waals surface area contributed by atoms with Crippen molar-refractivity contribution in [2.75, 3.05) is 13.2 Å². The summed E-state index contributed by atoms with van der Waals surface area (Å²) in [6, 6.07) is 2.64. The van der Waals surface area contributed by atoms with Crippen LogP contribution in [0.4, 0.5) is 4.39 Å². The van der Waals surface area contributed by atoms with Crippen molar-refractivity contribution in [1.29, 1.82) is 0 Å². The zero-order chi connectivity index (χ0) is 16.5. The van der Waals surface area contributed by atoms with E-state index in [1.807, 2.05) is 0 Å². The minimum atomic E-state index is -0.515. The van der Waals surface area contributed by atoms with Crippen LogP contribution in [0.2, 0.25) is 0 Å². The zero-order valence-corrected chi connectivity index (χ0v) is 13.6. The fourth-order valence-corrected chi connectivity index (χ4v) is 3.88. The highest BCUT2D eigenvalue weighted by molar-refractivity contribution is 7.07. The van der Waals surface area contributed by atoms with E-state index in [1.54, 1.807) is 15.8 Å². The first-order valence-electron chi connectivity index (χ1n) is 7.82. The van der Waals surface area contributed by atoms with Gasteiger partial charge in [0.15, 0.2) is 5.82 Å². The summed E-state index contributed by atoms with van der Waals surface area (Å²) in [5, 5.41) is 1.73. The number of aromatic nitrogens is 2. The molecule has 0 radical (unpaired) electrons. The first kappa shape index (κ1) is 15.5. The van der Waals surface area contributed by atoms with Crippen LogP contribution in [0, 0.1) is 5.82 Å². The maximum absolute atomic E-state index is 13.9. The van der Waals surface area contributed by atoms with E-state index in [4.69, 9.17) is 9.47 Å². The molecule has 1 amide bonds. The molecule has 2 aromatic heterocycles. The average molecular weight is 349 g/mol. The van der Waals surface area contributed by atoms with Gasteiger partial charge in [0, 0.05) is 18.1 Å². The van der Waals surface area contributed by atoms with Gasteiger partial charge in [-0.2, -0.15) is 0 Å². The number of amides is 1. The molecule has 3 heterocycles. The number of ether oxygens (including phenoxy) is 2. The Morgan fingerprint density at radius 1 is 1.42 bits per heavy atom. The third-order valence-electron chi connectivity index (χ3n) is 4.44. The third-order valence-corrected chi connectivity index (χ3v) is 5.03. The molecule has 3 atom stereocenters. The van der Waals surface area contributed by atoms with Crippen molar-refractivity contribution >= 4 is 17.2 Å². The summed E-state index contributed by atoms with van der Waals surface area (Å²) in [6.45, 7) is 0.906. The molecule has 1 aliphatic carbocycles. The van der Waals surface area contributed by atoms with Gasteiger partial charge in [-0.3, -0.25) is 4.79 Å². The zero-order valence-electron chi connectivity index (χ0n) is 12.8. The predicted molar refractivity (Wildman–Crippen MR) is 84.5 cm³/mol. The van der Waals surface area contributed by atoms with Crippen molar-refractivity contribution in [3.05, 3.63) is 40.7 Å². The number of halogens is 1. The standard InChI is InChI=1S/C16H16FN3O3S/c17-10-2-1-5-18-15(10)23-14-12-3-4-13(14)22-7-6-20(12)16(21)11-8-24-9-19-11/h1-2,5,8-9,12-14H,3-4,6-7H2/t12-,13-,14+/m0/s1. The molecule has 126 valence electrons. The van der Waals surface area contributed by atoms with Crippen molar-refractivity contribution in [3.63, 3.8) is 0 Å². The number of carbonyl (C=O) groups is 1. The first-order valence-corrected chi connectivity index (χ1v) is 8.76. The topological polar surface area (TPSA) is 64.6 Å². The van der Waals surface area contributed by atoms with Gasteiger partial charge < -0.3 is 14.4 Å². The number of hydrogen-bond donors (Lipinski definition) is 0. The van der Waals surface area contributed by atoms with Crippen molar-refractivity contribution in [3.8, 4) is 5.88 Å². The molecular weight excluding hydrogens is 333 g/mol. The number of fused-ring (bicyclic) bond motifs is 2. The van der Waals surface area contributed by atoms with E-state index in [-0.39, 0.29) is 23.9 Å². The van der Waals surface area contributed by atoms with Gasteiger partial charge in [0.25, 0.3) is 11.8 Å². The Morgan fingerprint density at radius 3 is 3.12 bits per heavy atom. The number of hydrogen-bond acceptors (Lipinski definition) is 6. The van der Waals surface area contributed by atoms with Gasteiger partial charge in [-0.05, 0) is 25.0 Å². The number of pyridine rings is 1. The van der Waals surface area contributed by atoms with Crippen LogP contribution < -0.4 is 4.74 Å². The Labute approximate surface area is 142 Å². The van der Waals surface area contributed by atoms with E-state index in [0.717, 1.165) is 12.8 Å². The Hall–Kier alpha value is -2.06. The number of thiazole rings is 1. The van der Waals surface area contributed by atoms with E-state index in [2.05, 4.69) is 9.97 Å². The van der Waals surface area contributed by atoms with Crippen molar-refractivity contribution < 1.29 is 18.7 Å². The van der Waals surface area contributed by atoms with Crippen LogP contribution in [0.5, 0.6) is 5.88 Å². The second-order valence-corrected chi connectivity index (χ2v) is 6.52. The number of carbonyl (C=O) groups excluding carboxylic acids is 1. The summed E-state index contributed by atoms with van der Waals surface area (Å²) in [4.78, 5) is 22.5. The molecule has 2 aliphatic rings. The molecule has 1 saturated heterocycles. The van der Waals surface area contributed by atoms with Crippen LogP contribution >= 0.6 is 11.3 Å². The lowest BCUT2D eigenvalue weighted by Gasteiger charge is -2.30. The predicted octanol–water partition coefficient (Wildman–Crippen LogP) is 2.13. The molecule has 0 spiro atoms. The fraction of sp³-hybridized carbons (Fsp3) is 0.438. The van der Waals surface area contributed by atoms with E-state index in [1.165, 1.54) is 29.7 Å². The lowest BCUT2D eigenvalue weighted by molar-refractivity contribution is 0.000303. The van der Waals surface area contributed by atoms with Gasteiger partial charge in [0.1, 0.15) is 11.8 Å². The molecule has 0 unspecified atom stereocenters. The first-order chi connectivity index (χ1) is 11.7. The minimum absolute atomic E-state index is 0.0500. The maximum atomic E-state index is 13.9. The summed E-state index contributed by atoms with van der Waals surface area (Å²) in [7, 11) is 0. The summed E-state index contributed by atoms with van der Waals surface area (Å²) in [5.41, 5.74) is 2.06. The number of rotatable bonds is 3. The summed E-state index contributed by atoms with van der Waals surface area (Å²) in [5.74, 6) is -0.702. The van der Waals surface area contributed by atoms with Crippen LogP contribution in [-0.2, 0) is 4.74 Å². The Balaban J connectivity index is 1.60. The smallest absolute Gasteiger partial charge is 0.273 e. The Bertz CT molecular complexity index is 727. The molecule has 2 aromatic rings. The second-order valence-electron chi connectivity index (χ2n) is 5.80. The van der Waals surface area contributed by atoms with Crippen molar-refractivity contribution in [2.45, 2.75) is 31.1 Å².